The van der Waals surface area contributed by atoms with Crippen LogP contribution in [0.5, 0.6) is 11.5 Å². The first-order chi connectivity index (χ1) is 14.3. The Morgan fingerprint density at radius 2 is 2.07 bits per heavy atom. The number of thioether (sulfide) groups is 1. The van der Waals surface area contributed by atoms with Crippen molar-refractivity contribution in [1.29, 1.82) is 0 Å². The molecule has 30 heavy (non-hydrogen) atoms. The van der Waals surface area contributed by atoms with Crippen molar-refractivity contribution in [3.05, 3.63) is 55.3 Å². The Morgan fingerprint density at radius 3 is 2.73 bits per heavy atom. The van der Waals surface area contributed by atoms with Crippen molar-refractivity contribution >= 4 is 79.7 Å². The minimum Gasteiger partial charge on any atom is -0.493 e. The number of hydrogen-bond donors (Lipinski definition) is 2. The van der Waals surface area contributed by atoms with Crippen LogP contribution >= 0.6 is 50.9 Å². The molecule has 2 aromatic rings. The number of methoxy groups -OCH3 is 1. The van der Waals surface area contributed by atoms with Crippen molar-refractivity contribution in [2.24, 2.45) is 4.99 Å². The fourth-order valence-electron chi connectivity index (χ4n) is 2.40. The average Bonchev–Trinajstić information content (AvgIpc) is 3.02. The summed E-state index contributed by atoms with van der Waals surface area (Å²) in [7, 11) is 1.44. The first-order valence-corrected chi connectivity index (χ1v) is 10.6. The minimum absolute atomic E-state index is 0.257. The van der Waals surface area contributed by atoms with Gasteiger partial charge in [-0.25, -0.2) is 9.79 Å². The van der Waals surface area contributed by atoms with Crippen molar-refractivity contribution in [2.45, 2.75) is 0 Å². The smallest absolute Gasteiger partial charge is 0.341 e. The van der Waals surface area contributed by atoms with Gasteiger partial charge >= 0.3 is 5.97 Å². The number of nitrogens with zero attached hydrogens (tertiary/aromatic N) is 1. The van der Waals surface area contributed by atoms with Gasteiger partial charge in [-0.15, -0.1) is 0 Å². The Labute approximate surface area is 194 Å². The van der Waals surface area contributed by atoms with E-state index in [4.69, 9.17) is 37.8 Å². The SMILES string of the molecule is COc1cc(/C=C2/SC(=Nc3ccc(Cl)c(Cl)c3)NC2=O)cc(Br)c1OCC(=O)O. The van der Waals surface area contributed by atoms with E-state index in [1.54, 1.807) is 36.4 Å². The molecule has 0 radical (unpaired) electrons. The molecule has 2 N–H and O–H groups in total. The number of carbonyl (C=O) groups excluding carboxylic acids is 1. The lowest BCUT2D eigenvalue weighted by molar-refractivity contribution is -0.139. The molecule has 0 spiro atoms. The van der Waals surface area contributed by atoms with E-state index < -0.39 is 12.6 Å². The quantitative estimate of drug-likeness (QED) is 0.502. The van der Waals surface area contributed by atoms with Crippen LogP contribution in [0, 0.1) is 0 Å². The van der Waals surface area contributed by atoms with Gasteiger partial charge in [0.15, 0.2) is 23.3 Å². The molecule has 0 bridgehead atoms. The summed E-state index contributed by atoms with van der Waals surface area (Å²) in [6.07, 6.45) is 1.66. The molecule has 11 heteroatoms. The van der Waals surface area contributed by atoms with Crippen LogP contribution < -0.4 is 14.8 Å². The predicted octanol–water partition coefficient (Wildman–Crippen LogP) is 5.12. The summed E-state index contributed by atoms with van der Waals surface area (Å²) in [4.78, 5) is 27.9. The van der Waals surface area contributed by atoms with Crippen molar-refractivity contribution in [1.82, 2.24) is 5.32 Å². The summed E-state index contributed by atoms with van der Waals surface area (Å²) in [6.45, 7) is -0.512. The van der Waals surface area contributed by atoms with Gasteiger partial charge in [0.05, 0.1) is 32.2 Å². The highest BCUT2D eigenvalue weighted by molar-refractivity contribution is 9.10. The molecule has 0 atom stereocenters. The fraction of sp³-hybridized carbons (Fsp3) is 0.105. The number of ether oxygens (including phenoxy) is 2. The van der Waals surface area contributed by atoms with E-state index in [-0.39, 0.29) is 11.7 Å². The van der Waals surface area contributed by atoms with Gasteiger partial charge in [-0.05, 0) is 69.7 Å². The molecule has 1 amide bonds. The summed E-state index contributed by atoms with van der Waals surface area (Å²) in [5, 5.41) is 12.7. The lowest BCUT2D eigenvalue weighted by Gasteiger charge is -2.12. The van der Waals surface area contributed by atoms with Crippen LogP contribution in [-0.2, 0) is 9.59 Å². The van der Waals surface area contributed by atoms with E-state index in [1.165, 1.54) is 18.9 Å². The number of halogens is 3. The molecule has 1 saturated heterocycles. The van der Waals surface area contributed by atoms with E-state index in [1.807, 2.05) is 0 Å². The fourth-order valence-corrected chi connectivity index (χ4v) is 4.11. The number of amides is 1. The lowest BCUT2D eigenvalue weighted by atomic mass is 10.2. The molecule has 0 saturated carbocycles. The third-order valence-corrected chi connectivity index (χ3v) is 5.91. The molecule has 2 aromatic carbocycles. The summed E-state index contributed by atoms with van der Waals surface area (Å²) < 4.78 is 11.0. The summed E-state index contributed by atoms with van der Waals surface area (Å²) in [5.41, 5.74) is 1.20. The second-order valence-electron chi connectivity index (χ2n) is 5.80. The topological polar surface area (TPSA) is 97.2 Å². The Kier molecular flexibility index (Phi) is 7.30. The molecule has 1 aliphatic heterocycles. The minimum atomic E-state index is -1.11. The Bertz CT molecular complexity index is 1090. The number of carboxylic acid groups (broad SMARTS) is 1. The molecular weight excluding hydrogens is 519 g/mol. The first kappa shape index (κ1) is 22.5. The van der Waals surface area contributed by atoms with E-state index in [9.17, 15) is 9.59 Å². The molecular formula is C19H13BrCl2N2O5S. The number of carbonyl (C=O) groups is 2. The van der Waals surface area contributed by atoms with Gasteiger partial charge in [-0.3, -0.25) is 4.79 Å². The van der Waals surface area contributed by atoms with Crippen LogP contribution in [-0.4, -0.2) is 35.9 Å². The molecule has 1 aliphatic rings. The molecule has 0 unspecified atom stereocenters. The Hall–Kier alpha value is -2.20. The Balaban J connectivity index is 1.85. The summed E-state index contributed by atoms with van der Waals surface area (Å²) >= 11 is 16.4. The molecule has 156 valence electrons. The van der Waals surface area contributed by atoms with E-state index in [2.05, 4.69) is 26.2 Å². The third-order valence-electron chi connectivity index (χ3n) is 3.67. The maximum absolute atomic E-state index is 12.3. The number of rotatable bonds is 6. The zero-order chi connectivity index (χ0) is 21.8. The molecule has 3 rings (SSSR count). The van der Waals surface area contributed by atoms with E-state index >= 15 is 0 Å². The second-order valence-corrected chi connectivity index (χ2v) is 8.50. The van der Waals surface area contributed by atoms with Crippen LogP contribution in [0.4, 0.5) is 5.69 Å². The van der Waals surface area contributed by atoms with Crippen LogP contribution in [0.1, 0.15) is 5.56 Å². The average molecular weight is 532 g/mol. The standard InChI is InChI=1S/C19H13BrCl2N2O5S/c1-28-14-5-9(4-11(20)17(14)29-8-16(25)26)6-15-18(27)24-19(30-15)23-10-2-3-12(21)13(22)7-10/h2-7H,8H2,1H3,(H,25,26)(H,23,24,27)/b15-6+. The van der Waals surface area contributed by atoms with E-state index in [0.29, 0.717) is 41.6 Å². The van der Waals surface area contributed by atoms with Gasteiger partial charge in [0.25, 0.3) is 5.91 Å². The van der Waals surface area contributed by atoms with Gasteiger partial charge in [-0.2, -0.15) is 0 Å². The third kappa shape index (κ3) is 5.48. The van der Waals surface area contributed by atoms with Crippen LogP contribution in [0.25, 0.3) is 6.08 Å². The number of aliphatic carboxylic acids is 1. The zero-order valence-electron chi connectivity index (χ0n) is 15.2. The number of benzene rings is 2. The van der Waals surface area contributed by atoms with Crippen LogP contribution in [0.15, 0.2) is 44.7 Å². The van der Waals surface area contributed by atoms with Gasteiger partial charge in [0.1, 0.15) is 0 Å². The van der Waals surface area contributed by atoms with Crippen LogP contribution in [0.2, 0.25) is 10.0 Å². The first-order valence-electron chi connectivity index (χ1n) is 8.23. The Morgan fingerprint density at radius 1 is 1.30 bits per heavy atom. The highest BCUT2D eigenvalue weighted by Gasteiger charge is 2.24. The summed E-state index contributed by atoms with van der Waals surface area (Å²) in [6, 6.07) is 8.24. The zero-order valence-corrected chi connectivity index (χ0v) is 19.2. The van der Waals surface area contributed by atoms with Gasteiger partial charge in [-0.1, -0.05) is 23.2 Å². The molecule has 7 nitrogen and oxygen atoms in total. The van der Waals surface area contributed by atoms with Crippen molar-refractivity contribution in [3.8, 4) is 11.5 Å². The number of amidine groups is 1. The van der Waals surface area contributed by atoms with Gasteiger partial charge in [0.2, 0.25) is 0 Å². The van der Waals surface area contributed by atoms with Gasteiger partial charge < -0.3 is 19.9 Å². The summed E-state index contributed by atoms with van der Waals surface area (Å²) in [5.74, 6) is -0.832. The lowest BCUT2D eigenvalue weighted by Crippen LogP contribution is -2.19. The van der Waals surface area contributed by atoms with Crippen LogP contribution in [0.3, 0.4) is 0 Å². The van der Waals surface area contributed by atoms with Crippen molar-refractivity contribution in [2.75, 3.05) is 13.7 Å². The molecule has 0 aromatic heterocycles. The number of aliphatic imine (C=N–C) groups is 1. The molecule has 0 aliphatic carbocycles. The van der Waals surface area contributed by atoms with Crippen molar-refractivity contribution < 1.29 is 24.2 Å². The monoisotopic (exact) mass is 530 g/mol. The van der Waals surface area contributed by atoms with Crippen molar-refractivity contribution in [3.63, 3.8) is 0 Å². The highest BCUT2D eigenvalue weighted by Crippen LogP contribution is 2.38. The molecule has 1 fully saturated rings. The van der Waals surface area contributed by atoms with Gasteiger partial charge in [0, 0.05) is 0 Å². The highest BCUT2D eigenvalue weighted by atomic mass is 79.9. The maximum Gasteiger partial charge on any atom is 0.341 e. The number of nitrogens with one attached hydrogen (secondary N) is 1. The number of hydrogen-bond acceptors (Lipinski definition) is 6. The van der Waals surface area contributed by atoms with E-state index in [0.717, 1.165) is 0 Å². The maximum atomic E-state index is 12.3. The second kappa shape index (κ2) is 9.74. The normalized spacial score (nSPS) is 16.1. The largest absolute Gasteiger partial charge is 0.493 e. The number of carboxylic acids is 1. The molecule has 1 heterocycles. The predicted molar refractivity (Wildman–Crippen MR) is 121 cm³/mol.